The molecule has 0 amide bonds. The van der Waals surface area contributed by atoms with Crippen molar-refractivity contribution in [2.75, 3.05) is 25.1 Å². The van der Waals surface area contributed by atoms with Crippen LogP contribution in [0.5, 0.6) is 5.75 Å². The number of aromatic nitrogens is 2. The van der Waals surface area contributed by atoms with Crippen molar-refractivity contribution in [3.8, 4) is 17.1 Å². The Labute approximate surface area is 208 Å². The SMILES string of the molecule is Cc1cc(N(C)CCCOc2ccc3c(c2)CC[C@H]3CC(=O)O)nc(-c2ccc(C(C)C)cc2)n1. The molecule has 1 aliphatic carbocycles. The number of carboxylic acid groups (broad SMARTS) is 1. The van der Waals surface area contributed by atoms with E-state index in [1.807, 2.05) is 32.2 Å². The van der Waals surface area contributed by atoms with E-state index < -0.39 is 5.97 Å². The second kappa shape index (κ2) is 10.9. The average molecular weight is 474 g/mol. The summed E-state index contributed by atoms with van der Waals surface area (Å²) in [7, 11) is 2.05. The largest absolute Gasteiger partial charge is 0.494 e. The van der Waals surface area contributed by atoms with Gasteiger partial charge in [-0.05, 0) is 66.8 Å². The molecule has 1 aliphatic rings. The molecule has 1 atom stereocenters. The van der Waals surface area contributed by atoms with Crippen molar-refractivity contribution >= 4 is 11.8 Å². The highest BCUT2D eigenvalue weighted by atomic mass is 16.5. The fourth-order valence-electron chi connectivity index (χ4n) is 4.69. The maximum atomic E-state index is 11.1. The highest BCUT2D eigenvalue weighted by molar-refractivity contribution is 5.68. The van der Waals surface area contributed by atoms with Crippen LogP contribution in [-0.4, -0.2) is 41.2 Å². The maximum Gasteiger partial charge on any atom is 0.303 e. The lowest BCUT2D eigenvalue weighted by molar-refractivity contribution is -0.137. The summed E-state index contributed by atoms with van der Waals surface area (Å²) in [4.78, 5) is 22.7. The van der Waals surface area contributed by atoms with E-state index in [0.717, 1.165) is 60.0 Å². The third-order valence-corrected chi connectivity index (χ3v) is 6.71. The Kier molecular flexibility index (Phi) is 7.69. The van der Waals surface area contributed by atoms with Gasteiger partial charge in [-0.15, -0.1) is 0 Å². The van der Waals surface area contributed by atoms with Crippen LogP contribution in [-0.2, 0) is 11.2 Å². The van der Waals surface area contributed by atoms with Crippen LogP contribution in [0.15, 0.2) is 48.5 Å². The molecule has 1 aromatic heterocycles. The Hall–Kier alpha value is -3.41. The summed E-state index contributed by atoms with van der Waals surface area (Å²) in [5, 5.41) is 9.10. The minimum absolute atomic E-state index is 0.125. The molecule has 6 heteroatoms. The zero-order chi connectivity index (χ0) is 24.9. The van der Waals surface area contributed by atoms with E-state index in [0.29, 0.717) is 12.5 Å². The van der Waals surface area contributed by atoms with E-state index in [-0.39, 0.29) is 12.3 Å². The van der Waals surface area contributed by atoms with Crippen LogP contribution in [0.3, 0.4) is 0 Å². The molecule has 1 heterocycles. The number of aryl methyl sites for hydroxylation is 2. The Morgan fingerprint density at radius 2 is 1.91 bits per heavy atom. The molecule has 0 aliphatic heterocycles. The van der Waals surface area contributed by atoms with Crippen LogP contribution in [0.1, 0.15) is 67.3 Å². The van der Waals surface area contributed by atoms with E-state index >= 15 is 0 Å². The van der Waals surface area contributed by atoms with E-state index in [4.69, 9.17) is 14.8 Å². The molecule has 0 spiro atoms. The second-order valence-corrected chi connectivity index (χ2v) is 9.79. The first-order valence-electron chi connectivity index (χ1n) is 12.4. The van der Waals surface area contributed by atoms with Crippen LogP contribution in [0, 0.1) is 6.92 Å². The van der Waals surface area contributed by atoms with Gasteiger partial charge in [0.15, 0.2) is 5.82 Å². The molecular formula is C29H35N3O3. The number of hydrogen-bond donors (Lipinski definition) is 1. The quantitative estimate of drug-likeness (QED) is 0.365. The zero-order valence-electron chi connectivity index (χ0n) is 21.1. The third-order valence-electron chi connectivity index (χ3n) is 6.71. The summed E-state index contributed by atoms with van der Waals surface area (Å²) >= 11 is 0. The highest BCUT2D eigenvalue weighted by Crippen LogP contribution is 2.37. The Morgan fingerprint density at radius 3 is 2.63 bits per heavy atom. The van der Waals surface area contributed by atoms with Crippen LogP contribution in [0.25, 0.3) is 11.4 Å². The molecule has 1 N–H and O–H groups in total. The van der Waals surface area contributed by atoms with Gasteiger partial charge >= 0.3 is 5.97 Å². The Balaban J connectivity index is 1.32. The summed E-state index contributed by atoms with van der Waals surface area (Å²) in [5.41, 5.74) is 5.66. The van der Waals surface area contributed by atoms with E-state index in [9.17, 15) is 4.79 Å². The molecule has 184 valence electrons. The lowest BCUT2D eigenvalue weighted by Crippen LogP contribution is -2.22. The van der Waals surface area contributed by atoms with Crippen molar-refractivity contribution in [2.24, 2.45) is 0 Å². The van der Waals surface area contributed by atoms with Gasteiger partial charge in [0.2, 0.25) is 0 Å². The molecule has 0 saturated heterocycles. The topological polar surface area (TPSA) is 75.5 Å². The molecule has 4 rings (SSSR count). The molecular weight excluding hydrogens is 438 g/mol. The first kappa shape index (κ1) is 24.7. The molecule has 0 saturated carbocycles. The monoisotopic (exact) mass is 473 g/mol. The number of carboxylic acids is 1. The minimum Gasteiger partial charge on any atom is -0.494 e. The van der Waals surface area contributed by atoms with Crippen molar-refractivity contribution in [1.82, 2.24) is 9.97 Å². The first-order chi connectivity index (χ1) is 16.8. The molecule has 0 bridgehead atoms. The standard InChI is InChI=1S/C29H35N3O3/c1-19(2)21-6-8-22(9-7-21)29-30-20(3)16-27(31-29)32(4)14-5-15-35-25-12-13-26-23(17-25)10-11-24(26)18-28(33)34/h6-9,12-13,16-17,19,24H,5,10-11,14-15,18H2,1-4H3,(H,33,34)/t24-/m0/s1. The van der Waals surface area contributed by atoms with Crippen LogP contribution in [0.4, 0.5) is 5.82 Å². The van der Waals surface area contributed by atoms with Crippen molar-refractivity contribution in [3.63, 3.8) is 0 Å². The minimum atomic E-state index is -0.734. The first-order valence-corrected chi connectivity index (χ1v) is 12.4. The number of carbonyl (C=O) groups is 1. The van der Waals surface area contributed by atoms with Gasteiger partial charge in [-0.3, -0.25) is 4.79 Å². The molecule has 2 aromatic carbocycles. The fraction of sp³-hybridized carbons (Fsp3) is 0.414. The summed E-state index contributed by atoms with van der Waals surface area (Å²) in [6.07, 6.45) is 2.88. The number of nitrogens with zero attached hydrogens (tertiary/aromatic N) is 3. The van der Waals surface area contributed by atoms with Gasteiger partial charge < -0.3 is 14.7 Å². The fourth-order valence-corrected chi connectivity index (χ4v) is 4.69. The van der Waals surface area contributed by atoms with E-state index in [1.54, 1.807) is 0 Å². The van der Waals surface area contributed by atoms with Gasteiger partial charge in [-0.25, -0.2) is 9.97 Å². The van der Waals surface area contributed by atoms with Gasteiger partial charge in [0.25, 0.3) is 0 Å². The summed E-state index contributed by atoms with van der Waals surface area (Å²) in [6.45, 7) is 7.81. The van der Waals surface area contributed by atoms with Gasteiger partial charge in [-0.1, -0.05) is 44.2 Å². The van der Waals surface area contributed by atoms with Crippen molar-refractivity contribution < 1.29 is 14.6 Å². The number of hydrogen-bond acceptors (Lipinski definition) is 5. The molecule has 0 radical (unpaired) electrons. The average Bonchev–Trinajstić information content (AvgIpc) is 3.22. The second-order valence-electron chi connectivity index (χ2n) is 9.79. The molecule has 3 aromatic rings. The van der Waals surface area contributed by atoms with E-state index in [2.05, 4.69) is 54.1 Å². The predicted octanol–water partition coefficient (Wildman–Crippen LogP) is 5.99. The Bertz CT molecular complexity index is 1170. The number of aliphatic carboxylic acids is 1. The van der Waals surface area contributed by atoms with Gasteiger partial charge in [0.05, 0.1) is 13.0 Å². The number of anilines is 1. The number of ether oxygens (including phenoxy) is 1. The van der Waals surface area contributed by atoms with Gasteiger partial charge in [0.1, 0.15) is 11.6 Å². The molecule has 0 unspecified atom stereocenters. The summed E-state index contributed by atoms with van der Waals surface area (Å²) in [6, 6.07) is 16.6. The number of benzene rings is 2. The van der Waals surface area contributed by atoms with E-state index in [1.165, 1.54) is 11.1 Å². The lowest BCUT2D eigenvalue weighted by atomic mass is 9.98. The lowest BCUT2D eigenvalue weighted by Gasteiger charge is -2.19. The van der Waals surface area contributed by atoms with Crippen LogP contribution < -0.4 is 9.64 Å². The van der Waals surface area contributed by atoms with Crippen LogP contribution >= 0.6 is 0 Å². The normalized spacial score (nSPS) is 14.7. The van der Waals surface area contributed by atoms with Crippen molar-refractivity contribution in [1.29, 1.82) is 0 Å². The number of rotatable bonds is 10. The highest BCUT2D eigenvalue weighted by Gasteiger charge is 2.24. The van der Waals surface area contributed by atoms with Crippen molar-refractivity contribution in [3.05, 3.63) is 70.9 Å². The third kappa shape index (κ3) is 6.18. The molecule has 6 nitrogen and oxygen atoms in total. The molecule has 0 fully saturated rings. The predicted molar refractivity (Wildman–Crippen MR) is 139 cm³/mol. The summed E-state index contributed by atoms with van der Waals surface area (Å²) in [5.74, 6) is 2.39. The van der Waals surface area contributed by atoms with Gasteiger partial charge in [-0.2, -0.15) is 0 Å². The zero-order valence-corrected chi connectivity index (χ0v) is 21.1. The summed E-state index contributed by atoms with van der Waals surface area (Å²) < 4.78 is 6.01. The van der Waals surface area contributed by atoms with Crippen LogP contribution in [0.2, 0.25) is 0 Å². The number of fused-ring (bicyclic) bond motifs is 1. The smallest absolute Gasteiger partial charge is 0.303 e. The Morgan fingerprint density at radius 1 is 1.14 bits per heavy atom. The van der Waals surface area contributed by atoms with Gasteiger partial charge in [0, 0.05) is 30.9 Å². The molecule has 35 heavy (non-hydrogen) atoms. The maximum absolute atomic E-state index is 11.1. The van der Waals surface area contributed by atoms with Crippen molar-refractivity contribution in [2.45, 2.75) is 58.3 Å².